The molecule has 6 nitrogen and oxygen atoms in total. The molecule has 1 atom stereocenters. The molecule has 1 aliphatic carbocycles. The second-order valence-corrected chi connectivity index (χ2v) is 6.28. The molecule has 1 aliphatic rings. The average Bonchev–Trinajstić information content (AvgIpc) is 2.86. The van der Waals surface area contributed by atoms with Gasteiger partial charge in [0, 0.05) is 17.7 Å². The average molecular weight is 327 g/mol. The molecule has 0 aliphatic heterocycles. The molecule has 0 bridgehead atoms. The Morgan fingerprint density at radius 2 is 2.04 bits per heavy atom. The number of carbonyl (C=O) groups is 2. The predicted molar refractivity (Wildman–Crippen MR) is 88.6 cm³/mol. The van der Waals surface area contributed by atoms with E-state index in [1.54, 1.807) is 4.68 Å². The van der Waals surface area contributed by atoms with Crippen LogP contribution < -0.4 is 5.73 Å². The fourth-order valence-electron chi connectivity index (χ4n) is 3.57. The van der Waals surface area contributed by atoms with Gasteiger partial charge in [0.25, 0.3) is 0 Å². The van der Waals surface area contributed by atoms with Gasteiger partial charge in [-0.25, -0.2) is 0 Å². The number of nitrogens with two attached hydrogens (primary N) is 1. The monoisotopic (exact) mass is 327 g/mol. The largest absolute Gasteiger partial charge is 0.481 e. The maximum Gasteiger partial charge on any atom is 0.303 e. The molecule has 3 N–H and O–H groups in total. The third kappa shape index (κ3) is 3.48. The third-order valence-corrected chi connectivity index (χ3v) is 4.49. The number of benzene rings is 1. The van der Waals surface area contributed by atoms with Gasteiger partial charge < -0.3 is 10.8 Å². The number of carboxylic acids is 1. The van der Waals surface area contributed by atoms with Crippen molar-refractivity contribution in [3.8, 4) is 0 Å². The van der Waals surface area contributed by atoms with E-state index >= 15 is 0 Å². The lowest BCUT2D eigenvalue weighted by molar-refractivity contribution is -0.137. The normalized spacial score (nSPS) is 16.6. The van der Waals surface area contributed by atoms with Gasteiger partial charge in [0.15, 0.2) is 0 Å². The maximum atomic E-state index is 11.3. The standard InChI is InChI=1S/C18H21N3O3/c19-16(22)11-21-15-8-4-7-13(10-17(23)24)18(15)14(20-21)9-12-5-2-1-3-6-12/h1-3,5-6,13H,4,7-11H2,(H2,19,22)(H,23,24). The summed E-state index contributed by atoms with van der Waals surface area (Å²) in [6.45, 7) is 0.0386. The van der Waals surface area contributed by atoms with Crippen molar-refractivity contribution < 1.29 is 14.7 Å². The summed E-state index contributed by atoms with van der Waals surface area (Å²) >= 11 is 0. The minimum absolute atomic E-state index is 0.0386. The van der Waals surface area contributed by atoms with Crippen molar-refractivity contribution in [2.75, 3.05) is 0 Å². The Kier molecular flexibility index (Phi) is 4.64. The Bertz CT molecular complexity index is 752. The number of aromatic nitrogens is 2. The topological polar surface area (TPSA) is 98.2 Å². The summed E-state index contributed by atoms with van der Waals surface area (Å²) in [4.78, 5) is 22.6. The van der Waals surface area contributed by atoms with Gasteiger partial charge in [0.05, 0.1) is 12.1 Å². The number of fused-ring (bicyclic) bond motifs is 1. The van der Waals surface area contributed by atoms with Crippen molar-refractivity contribution in [1.82, 2.24) is 9.78 Å². The number of carboxylic acid groups (broad SMARTS) is 1. The van der Waals surface area contributed by atoms with Crippen LogP contribution in [0.2, 0.25) is 0 Å². The van der Waals surface area contributed by atoms with Gasteiger partial charge in [-0.05, 0) is 30.7 Å². The fourth-order valence-corrected chi connectivity index (χ4v) is 3.57. The minimum atomic E-state index is -0.804. The summed E-state index contributed by atoms with van der Waals surface area (Å²) < 4.78 is 1.67. The lowest BCUT2D eigenvalue weighted by Gasteiger charge is -2.22. The van der Waals surface area contributed by atoms with E-state index in [2.05, 4.69) is 5.10 Å². The summed E-state index contributed by atoms with van der Waals surface area (Å²) in [7, 11) is 0. The van der Waals surface area contributed by atoms with Crippen LogP contribution in [0.1, 0.15) is 47.7 Å². The van der Waals surface area contributed by atoms with Crippen LogP contribution in [0.15, 0.2) is 30.3 Å². The van der Waals surface area contributed by atoms with Crippen molar-refractivity contribution >= 4 is 11.9 Å². The van der Waals surface area contributed by atoms with E-state index < -0.39 is 11.9 Å². The highest BCUT2D eigenvalue weighted by Crippen LogP contribution is 2.37. The number of nitrogens with zero attached hydrogens (tertiary/aromatic N) is 2. The van der Waals surface area contributed by atoms with Gasteiger partial charge in [0.2, 0.25) is 5.91 Å². The van der Waals surface area contributed by atoms with Gasteiger partial charge in [0.1, 0.15) is 6.54 Å². The third-order valence-electron chi connectivity index (χ3n) is 4.49. The van der Waals surface area contributed by atoms with E-state index in [9.17, 15) is 14.7 Å². The van der Waals surface area contributed by atoms with Crippen molar-refractivity contribution in [3.05, 3.63) is 52.8 Å². The van der Waals surface area contributed by atoms with Gasteiger partial charge in [-0.2, -0.15) is 5.10 Å². The van der Waals surface area contributed by atoms with Gasteiger partial charge in [-0.15, -0.1) is 0 Å². The summed E-state index contributed by atoms with van der Waals surface area (Å²) in [5, 5.41) is 13.8. The van der Waals surface area contributed by atoms with Crippen LogP contribution in [0.25, 0.3) is 0 Å². The highest BCUT2D eigenvalue weighted by atomic mass is 16.4. The first-order chi connectivity index (χ1) is 11.5. The molecule has 2 aromatic rings. The summed E-state index contributed by atoms with van der Waals surface area (Å²) in [6, 6.07) is 9.94. The molecule has 1 amide bonds. The molecular formula is C18H21N3O3. The van der Waals surface area contributed by atoms with Crippen LogP contribution in [-0.4, -0.2) is 26.8 Å². The molecule has 0 saturated carbocycles. The van der Waals surface area contributed by atoms with Crippen molar-refractivity contribution in [2.45, 2.75) is 44.6 Å². The predicted octanol–water partition coefficient (Wildman–Crippen LogP) is 1.85. The van der Waals surface area contributed by atoms with E-state index in [1.165, 1.54) is 0 Å². The number of hydrogen-bond acceptors (Lipinski definition) is 3. The number of aliphatic carboxylic acids is 1. The summed E-state index contributed by atoms with van der Waals surface area (Å²) in [6.07, 6.45) is 3.27. The molecule has 6 heteroatoms. The molecule has 0 spiro atoms. The fraction of sp³-hybridized carbons (Fsp3) is 0.389. The highest BCUT2D eigenvalue weighted by molar-refractivity contribution is 5.73. The molecule has 0 fully saturated rings. The Hall–Kier alpha value is -2.63. The van der Waals surface area contributed by atoms with Crippen molar-refractivity contribution in [2.24, 2.45) is 5.73 Å². The highest BCUT2D eigenvalue weighted by Gasteiger charge is 2.30. The Labute approximate surface area is 140 Å². The van der Waals surface area contributed by atoms with Crippen molar-refractivity contribution in [3.63, 3.8) is 0 Å². The maximum absolute atomic E-state index is 11.3. The molecule has 3 rings (SSSR count). The molecule has 1 heterocycles. The quantitative estimate of drug-likeness (QED) is 0.846. The number of amides is 1. The Morgan fingerprint density at radius 1 is 1.29 bits per heavy atom. The van der Waals surface area contributed by atoms with Gasteiger partial charge in [-0.3, -0.25) is 14.3 Å². The Morgan fingerprint density at radius 3 is 2.71 bits per heavy atom. The number of rotatable bonds is 6. The summed E-state index contributed by atoms with van der Waals surface area (Å²) in [5.41, 5.74) is 9.30. The van der Waals surface area contributed by atoms with Crippen LogP contribution in [-0.2, 0) is 29.0 Å². The van der Waals surface area contributed by atoms with E-state index in [4.69, 9.17) is 5.73 Å². The second-order valence-electron chi connectivity index (χ2n) is 6.28. The molecular weight excluding hydrogens is 306 g/mol. The van der Waals surface area contributed by atoms with E-state index in [0.717, 1.165) is 41.8 Å². The molecule has 126 valence electrons. The van der Waals surface area contributed by atoms with E-state index in [0.29, 0.717) is 6.42 Å². The second kappa shape index (κ2) is 6.86. The zero-order valence-electron chi connectivity index (χ0n) is 13.4. The first-order valence-electron chi connectivity index (χ1n) is 8.17. The van der Waals surface area contributed by atoms with Crippen molar-refractivity contribution in [1.29, 1.82) is 0 Å². The molecule has 1 aromatic carbocycles. The van der Waals surface area contributed by atoms with Crippen LogP contribution in [0.4, 0.5) is 0 Å². The minimum Gasteiger partial charge on any atom is -0.481 e. The smallest absolute Gasteiger partial charge is 0.303 e. The lowest BCUT2D eigenvalue weighted by atomic mass is 9.82. The van der Waals surface area contributed by atoms with E-state index in [1.807, 2.05) is 30.3 Å². The Balaban J connectivity index is 2.01. The first-order valence-corrected chi connectivity index (χ1v) is 8.17. The SMILES string of the molecule is NC(=O)Cn1nc(Cc2ccccc2)c2c1CCCC2CC(=O)O. The first kappa shape index (κ1) is 16.2. The zero-order chi connectivity index (χ0) is 17.1. The van der Waals surface area contributed by atoms with E-state index in [-0.39, 0.29) is 18.9 Å². The van der Waals surface area contributed by atoms with Gasteiger partial charge >= 0.3 is 5.97 Å². The van der Waals surface area contributed by atoms with Crippen LogP contribution >= 0.6 is 0 Å². The lowest BCUT2D eigenvalue weighted by Crippen LogP contribution is -2.22. The molecule has 0 saturated heterocycles. The molecule has 1 aromatic heterocycles. The number of hydrogen-bond donors (Lipinski definition) is 2. The van der Waals surface area contributed by atoms with Gasteiger partial charge in [-0.1, -0.05) is 30.3 Å². The molecule has 1 unspecified atom stereocenters. The number of primary amides is 1. The molecule has 24 heavy (non-hydrogen) atoms. The zero-order valence-corrected chi connectivity index (χ0v) is 13.4. The number of carbonyl (C=O) groups excluding carboxylic acids is 1. The van der Waals surface area contributed by atoms with Crippen LogP contribution in [0.5, 0.6) is 0 Å². The summed E-state index contributed by atoms with van der Waals surface area (Å²) in [5.74, 6) is -1.29. The van der Waals surface area contributed by atoms with Crippen LogP contribution in [0, 0.1) is 0 Å². The van der Waals surface area contributed by atoms with Crippen LogP contribution in [0.3, 0.4) is 0 Å². The molecule has 0 radical (unpaired) electrons.